The molecule has 0 unspecified atom stereocenters. The van der Waals surface area contributed by atoms with Gasteiger partial charge >= 0.3 is 0 Å². The molecule has 2 heterocycles. The summed E-state index contributed by atoms with van der Waals surface area (Å²) >= 11 is 3.47. The van der Waals surface area contributed by atoms with Crippen LogP contribution < -0.4 is 10.9 Å². The van der Waals surface area contributed by atoms with Crippen molar-refractivity contribution in [2.45, 2.75) is 79.3 Å². The van der Waals surface area contributed by atoms with Crippen LogP contribution in [0.5, 0.6) is 0 Å². The number of ketones is 1. The third-order valence-corrected chi connectivity index (χ3v) is 9.78. The third-order valence-electron chi connectivity index (χ3n) is 9.01. The second kappa shape index (κ2) is 10.4. The van der Waals surface area contributed by atoms with E-state index in [1.165, 1.54) is 16.7 Å². The Morgan fingerprint density at radius 2 is 1.87 bits per heavy atom. The smallest absolute Gasteiger partial charge is 0.283 e. The molecule has 6 rings (SSSR count). The first kappa shape index (κ1) is 26.8. The van der Waals surface area contributed by atoms with E-state index in [9.17, 15) is 9.59 Å². The van der Waals surface area contributed by atoms with Crippen molar-refractivity contribution >= 4 is 27.4 Å². The minimum Gasteiger partial charge on any atom is -0.380 e. The molecule has 2 bridgehead atoms. The number of hydrogen-bond donors (Lipinski definition) is 1. The Balaban J connectivity index is 1.21. The zero-order valence-electron chi connectivity index (χ0n) is 22.9. The first-order valence-electron chi connectivity index (χ1n) is 13.6. The molecule has 3 fully saturated rings. The van der Waals surface area contributed by atoms with E-state index >= 15 is 0 Å². The Bertz CT molecular complexity index is 1390. The quantitative estimate of drug-likeness (QED) is 0.376. The number of nitrogens with zero attached hydrogens (tertiary/aromatic N) is 5. The summed E-state index contributed by atoms with van der Waals surface area (Å²) < 4.78 is 1.67. The van der Waals surface area contributed by atoms with E-state index in [2.05, 4.69) is 57.3 Å². The molecule has 0 spiro atoms. The summed E-state index contributed by atoms with van der Waals surface area (Å²) in [4.78, 5) is 27.5. The van der Waals surface area contributed by atoms with Gasteiger partial charge in [-0.2, -0.15) is 20.1 Å². The molecule has 9 heteroatoms. The van der Waals surface area contributed by atoms with Gasteiger partial charge in [0.25, 0.3) is 5.56 Å². The molecule has 4 atom stereocenters. The van der Waals surface area contributed by atoms with E-state index in [1.807, 2.05) is 38.1 Å². The predicted octanol–water partition coefficient (Wildman–Crippen LogP) is 5.14. The number of aromatic nitrogens is 5. The maximum absolute atomic E-state index is 13.0. The van der Waals surface area contributed by atoms with Crippen LogP contribution in [0.3, 0.4) is 0 Å². The Hall–Kier alpha value is -2.81. The maximum Gasteiger partial charge on any atom is 0.283 e. The van der Waals surface area contributed by atoms with Gasteiger partial charge in [0.2, 0.25) is 0 Å². The molecule has 8 nitrogen and oxygen atoms in total. The third kappa shape index (κ3) is 4.97. The topological polar surface area (TPSA) is 94.7 Å². The van der Waals surface area contributed by atoms with Crippen LogP contribution >= 0.6 is 15.9 Å². The number of hydrogen-bond acceptors (Lipinski definition) is 6. The summed E-state index contributed by atoms with van der Waals surface area (Å²) in [5.41, 5.74) is 4.57. The summed E-state index contributed by atoms with van der Waals surface area (Å²) in [5.74, 6) is 1.89. The normalized spacial score (nSPS) is 23.6. The van der Waals surface area contributed by atoms with E-state index in [4.69, 9.17) is 0 Å². The van der Waals surface area contributed by atoms with Crippen molar-refractivity contribution in [1.82, 2.24) is 24.8 Å². The summed E-state index contributed by atoms with van der Waals surface area (Å²) in [6, 6.07) is 8.34. The molecule has 0 aliphatic heterocycles. The lowest BCUT2D eigenvalue weighted by atomic mass is 9.45. The number of fused-ring (bicyclic) bond motifs is 2. The Morgan fingerprint density at radius 3 is 2.53 bits per heavy atom. The largest absolute Gasteiger partial charge is 0.380 e. The second-order valence-corrected chi connectivity index (χ2v) is 12.4. The molecule has 0 amide bonds. The van der Waals surface area contributed by atoms with Crippen molar-refractivity contribution in [3.63, 3.8) is 0 Å². The second-order valence-electron chi connectivity index (χ2n) is 11.7. The zero-order valence-corrected chi connectivity index (χ0v) is 24.5. The number of nitrogens with one attached hydrogen (secondary N) is 1. The number of benzene rings is 1. The monoisotopic (exact) mass is 580 g/mol. The van der Waals surface area contributed by atoms with Crippen LogP contribution in [-0.4, -0.2) is 36.6 Å². The van der Waals surface area contributed by atoms with Crippen LogP contribution in [0.25, 0.3) is 5.69 Å². The van der Waals surface area contributed by atoms with E-state index in [1.54, 1.807) is 11.0 Å². The van der Waals surface area contributed by atoms with E-state index in [0.29, 0.717) is 39.9 Å². The van der Waals surface area contributed by atoms with Gasteiger partial charge in [-0.15, -0.1) is 0 Å². The Labute approximate surface area is 232 Å². The number of carbonyl (C=O) groups is 1. The van der Waals surface area contributed by atoms with Crippen molar-refractivity contribution in [1.29, 1.82) is 0 Å². The summed E-state index contributed by atoms with van der Waals surface area (Å²) in [6.45, 7) is 11.1. The maximum atomic E-state index is 13.0. The molecule has 38 heavy (non-hydrogen) atoms. The number of Topliss-reactive ketones (excluding diaryl/α,β-unsaturated/α-hetero) is 1. The minimum absolute atomic E-state index is 0.0660. The minimum atomic E-state index is -0.295. The fourth-order valence-electron chi connectivity index (χ4n) is 6.35. The van der Waals surface area contributed by atoms with Crippen molar-refractivity contribution in [2.75, 3.05) is 5.32 Å². The van der Waals surface area contributed by atoms with Crippen LogP contribution in [0.15, 0.2) is 39.7 Å². The first-order valence-corrected chi connectivity index (χ1v) is 14.4. The van der Waals surface area contributed by atoms with Crippen LogP contribution in [0.2, 0.25) is 0 Å². The molecule has 1 aromatic carbocycles. The molecule has 3 aromatic rings. The molecular formula is C29H37BrN6O2. The van der Waals surface area contributed by atoms with Gasteiger partial charge in [0, 0.05) is 18.9 Å². The number of carbonyl (C=O) groups excluding carboxylic acids is 1. The molecule has 1 N–H and O–H groups in total. The molecule has 202 valence electrons. The number of anilines is 1. The molecule has 3 aliphatic carbocycles. The summed E-state index contributed by atoms with van der Waals surface area (Å²) in [5, 5.41) is 17.1. The highest BCUT2D eigenvalue weighted by Crippen LogP contribution is 2.61. The van der Waals surface area contributed by atoms with Gasteiger partial charge in [-0.1, -0.05) is 45.4 Å². The molecule has 0 saturated heterocycles. The van der Waals surface area contributed by atoms with Gasteiger partial charge < -0.3 is 5.32 Å². The van der Waals surface area contributed by atoms with E-state index in [0.717, 1.165) is 35.8 Å². The van der Waals surface area contributed by atoms with Gasteiger partial charge in [0.05, 0.1) is 29.0 Å². The van der Waals surface area contributed by atoms with Crippen molar-refractivity contribution in [3.8, 4) is 5.69 Å². The molecule has 3 saturated carbocycles. The average Bonchev–Trinajstić information content (AvgIpc) is 3.31. The van der Waals surface area contributed by atoms with Crippen molar-refractivity contribution < 1.29 is 4.79 Å². The molecule has 2 aromatic heterocycles. The highest BCUT2D eigenvalue weighted by Gasteiger charge is 2.56. The highest BCUT2D eigenvalue weighted by molar-refractivity contribution is 9.10. The van der Waals surface area contributed by atoms with E-state index in [-0.39, 0.29) is 24.3 Å². The Morgan fingerprint density at radius 1 is 1.16 bits per heavy atom. The van der Waals surface area contributed by atoms with Gasteiger partial charge in [-0.05, 0) is 77.4 Å². The molecule has 0 radical (unpaired) electrons. The van der Waals surface area contributed by atoms with Gasteiger partial charge in [-0.3, -0.25) is 9.59 Å². The fraction of sp³-hybridized carbons (Fsp3) is 0.552. The van der Waals surface area contributed by atoms with Gasteiger partial charge in [-0.25, -0.2) is 4.68 Å². The number of aryl methyl sites for hydroxylation is 3. The predicted molar refractivity (Wildman–Crippen MR) is 152 cm³/mol. The SMILES string of the molecule is CCc1nn(-c2ccc(C)cc2)nc1CCC(=O)Cn1ncc(N[C@@H]2C[C@@H]3C[C@H]([C@H]2C)C3(C)C)c(Br)c1=O. The molecule has 3 aliphatic rings. The number of rotatable bonds is 9. The average molecular weight is 582 g/mol. The van der Waals surface area contributed by atoms with Gasteiger partial charge in [0.1, 0.15) is 11.0 Å². The number of halogens is 1. The first-order chi connectivity index (χ1) is 18.1. The zero-order chi connectivity index (χ0) is 27.2. The van der Waals surface area contributed by atoms with Gasteiger partial charge in [0.15, 0.2) is 5.78 Å². The lowest BCUT2D eigenvalue weighted by Crippen LogP contribution is -2.58. The standard InChI is InChI=1S/C29H37BrN6O2/c1-6-23-24(34-36(33-23)20-9-7-17(2)8-10-20)12-11-21(37)16-35-28(38)27(30)26(15-31-35)32-25-14-19-13-22(18(25)3)29(19,4)5/h7-10,15,18-19,22,25,32H,6,11-14,16H2,1-5H3/t18-,19+,22-,25-/m1/s1. The Kier molecular flexibility index (Phi) is 7.33. The lowest BCUT2D eigenvalue weighted by Gasteiger charge is -2.62. The summed E-state index contributed by atoms with van der Waals surface area (Å²) in [7, 11) is 0. The van der Waals surface area contributed by atoms with Crippen molar-refractivity contribution in [2.24, 2.45) is 23.2 Å². The van der Waals surface area contributed by atoms with Crippen molar-refractivity contribution in [3.05, 3.63) is 62.2 Å². The summed E-state index contributed by atoms with van der Waals surface area (Å²) in [6.07, 6.45) is 5.55. The lowest BCUT2D eigenvalue weighted by molar-refractivity contribution is -0.119. The fourth-order valence-corrected chi connectivity index (χ4v) is 6.77. The molecular weight excluding hydrogens is 544 g/mol. The van der Waals surface area contributed by atoms with E-state index < -0.39 is 0 Å². The van der Waals surface area contributed by atoms with Crippen LogP contribution in [0.1, 0.15) is 63.9 Å². The highest BCUT2D eigenvalue weighted by atomic mass is 79.9. The van der Waals surface area contributed by atoms with Crippen LogP contribution in [-0.2, 0) is 24.2 Å². The van der Waals surface area contributed by atoms with Crippen LogP contribution in [0, 0.1) is 30.1 Å². The van der Waals surface area contributed by atoms with Crippen LogP contribution in [0.4, 0.5) is 5.69 Å².